The lowest BCUT2D eigenvalue weighted by atomic mass is 10.4. The highest BCUT2D eigenvalue weighted by atomic mass is 32.1. The Balaban J connectivity index is 1.72. The van der Waals surface area contributed by atoms with Crippen LogP contribution in [-0.4, -0.2) is 27.8 Å². The third kappa shape index (κ3) is 3.36. The predicted molar refractivity (Wildman–Crippen MR) is 61.0 cm³/mol. The molecule has 2 N–H and O–H groups in total. The molecule has 2 rings (SSSR count). The van der Waals surface area contributed by atoms with Crippen LogP contribution in [-0.2, 0) is 13.0 Å². The number of thiophene rings is 1. The Hall–Kier alpha value is -1.73. The number of carboxylic acid groups (broad SMARTS) is 1. The molecule has 2 heterocycles. The number of nitrogens with zero attached hydrogens (tertiary/aromatic N) is 2. The van der Waals surface area contributed by atoms with Gasteiger partial charge in [-0.2, -0.15) is 4.98 Å². The Morgan fingerprint density at radius 1 is 1.53 bits per heavy atom. The van der Waals surface area contributed by atoms with Crippen molar-refractivity contribution >= 4 is 17.3 Å². The van der Waals surface area contributed by atoms with Gasteiger partial charge in [-0.3, -0.25) is 0 Å². The van der Waals surface area contributed by atoms with E-state index in [1.807, 2.05) is 6.07 Å². The summed E-state index contributed by atoms with van der Waals surface area (Å²) in [6.07, 6.45) is 1.99. The highest BCUT2D eigenvalue weighted by Gasteiger charge is 2.06. The van der Waals surface area contributed by atoms with E-state index in [1.54, 1.807) is 6.07 Å². The van der Waals surface area contributed by atoms with Gasteiger partial charge in [0.2, 0.25) is 6.39 Å². The summed E-state index contributed by atoms with van der Waals surface area (Å²) in [6.45, 7) is 1.37. The molecule has 0 spiro atoms. The second kappa shape index (κ2) is 5.55. The number of carboxylic acids is 1. The largest absolute Gasteiger partial charge is 0.477 e. The molecule has 0 atom stereocenters. The summed E-state index contributed by atoms with van der Waals surface area (Å²) in [6, 6.07) is 3.43. The number of aromatic nitrogens is 2. The zero-order valence-corrected chi connectivity index (χ0v) is 9.74. The zero-order valence-electron chi connectivity index (χ0n) is 8.92. The van der Waals surface area contributed by atoms with Crippen LogP contribution in [0.25, 0.3) is 0 Å². The summed E-state index contributed by atoms with van der Waals surface area (Å²) in [5.74, 6) is -0.219. The summed E-state index contributed by atoms with van der Waals surface area (Å²) in [7, 11) is 0. The number of hydrogen-bond acceptors (Lipinski definition) is 6. The Bertz CT molecular complexity index is 481. The molecule has 0 amide bonds. The maximum atomic E-state index is 10.7. The number of carbonyl (C=O) groups is 1. The van der Waals surface area contributed by atoms with Crippen molar-refractivity contribution in [1.82, 2.24) is 15.5 Å². The van der Waals surface area contributed by atoms with Crippen LogP contribution in [0.2, 0.25) is 0 Å². The first-order valence-corrected chi connectivity index (χ1v) is 5.85. The Labute approximate surface area is 101 Å². The normalized spacial score (nSPS) is 10.6. The molecule has 0 aromatic carbocycles. The van der Waals surface area contributed by atoms with Crippen molar-refractivity contribution in [2.75, 3.05) is 6.54 Å². The number of nitrogens with one attached hydrogen (secondary N) is 1. The summed E-state index contributed by atoms with van der Waals surface area (Å²) < 4.78 is 4.61. The number of hydrogen-bond donors (Lipinski definition) is 2. The molecule has 0 unspecified atom stereocenters. The van der Waals surface area contributed by atoms with Gasteiger partial charge in [0.15, 0.2) is 5.82 Å². The van der Waals surface area contributed by atoms with Crippen molar-refractivity contribution in [3.8, 4) is 0 Å². The van der Waals surface area contributed by atoms with Crippen molar-refractivity contribution < 1.29 is 14.4 Å². The first kappa shape index (κ1) is 11.7. The molecule has 6 nitrogen and oxygen atoms in total. The fraction of sp³-hybridized carbons (Fsp3) is 0.300. The van der Waals surface area contributed by atoms with E-state index in [1.165, 1.54) is 17.7 Å². The van der Waals surface area contributed by atoms with Gasteiger partial charge in [-0.15, -0.1) is 11.3 Å². The number of aromatic carboxylic acids is 1. The minimum Gasteiger partial charge on any atom is -0.477 e. The van der Waals surface area contributed by atoms with Crippen molar-refractivity contribution in [3.05, 3.63) is 34.1 Å². The lowest BCUT2D eigenvalue weighted by Gasteiger charge is -1.99. The van der Waals surface area contributed by atoms with Gasteiger partial charge in [0.1, 0.15) is 4.88 Å². The minimum absolute atomic E-state index is 0.361. The molecule has 0 aliphatic heterocycles. The molecule has 0 fully saturated rings. The third-order valence-corrected chi connectivity index (χ3v) is 3.18. The Morgan fingerprint density at radius 2 is 2.41 bits per heavy atom. The highest BCUT2D eigenvalue weighted by molar-refractivity contribution is 7.13. The smallest absolute Gasteiger partial charge is 0.345 e. The van der Waals surface area contributed by atoms with E-state index in [4.69, 9.17) is 5.11 Å². The van der Waals surface area contributed by atoms with Crippen LogP contribution in [0.5, 0.6) is 0 Å². The van der Waals surface area contributed by atoms with Gasteiger partial charge >= 0.3 is 5.97 Å². The standard InChI is InChI=1S/C10H11N3O3S/c14-10(15)8-2-1-7(17-8)5-11-4-3-9-12-6-16-13-9/h1-2,6,11H,3-5H2,(H,14,15). The molecule has 2 aromatic rings. The molecule has 17 heavy (non-hydrogen) atoms. The van der Waals surface area contributed by atoms with Gasteiger partial charge in [-0.05, 0) is 12.1 Å². The molecule has 0 bridgehead atoms. The van der Waals surface area contributed by atoms with Crippen LogP contribution >= 0.6 is 11.3 Å². The van der Waals surface area contributed by atoms with Crippen LogP contribution in [0.4, 0.5) is 0 Å². The van der Waals surface area contributed by atoms with Gasteiger partial charge < -0.3 is 14.9 Å². The van der Waals surface area contributed by atoms with Crippen LogP contribution in [0.1, 0.15) is 20.4 Å². The first-order chi connectivity index (χ1) is 8.25. The highest BCUT2D eigenvalue weighted by Crippen LogP contribution is 2.15. The molecule has 0 aliphatic rings. The second-order valence-electron chi connectivity index (χ2n) is 3.35. The second-order valence-corrected chi connectivity index (χ2v) is 4.51. The van der Waals surface area contributed by atoms with Crippen molar-refractivity contribution in [2.45, 2.75) is 13.0 Å². The summed E-state index contributed by atoms with van der Waals surface area (Å²) in [4.78, 5) is 15.9. The van der Waals surface area contributed by atoms with Gasteiger partial charge in [0, 0.05) is 24.4 Å². The van der Waals surface area contributed by atoms with Gasteiger partial charge in [0.25, 0.3) is 0 Å². The van der Waals surface area contributed by atoms with Crippen LogP contribution < -0.4 is 5.32 Å². The van der Waals surface area contributed by atoms with Gasteiger partial charge in [0.05, 0.1) is 0 Å². The summed E-state index contributed by atoms with van der Waals surface area (Å²) >= 11 is 1.28. The quantitative estimate of drug-likeness (QED) is 0.751. The molecule has 0 saturated carbocycles. The summed E-state index contributed by atoms with van der Waals surface area (Å²) in [5, 5.41) is 15.6. The molecule has 0 saturated heterocycles. The van der Waals surface area contributed by atoms with E-state index < -0.39 is 5.97 Å². The maximum absolute atomic E-state index is 10.7. The lowest BCUT2D eigenvalue weighted by molar-refractivity contribution is 0.0702. The van der Waals surface area contributed by atoms with E-state index in [0.29, 0.717) is 23.7 Å². The Kier molecular flexibility index (Phi) is 3.84. The van der Waals surface area contributed by atoms with E-state index in [2.05, 4.69) is 20.0 Å². The fourth-order valence-electron chi connectivity index (χ4n) is 1.30. The van der Waals surface area contributed by atoms with E-state index in [0.717, 1.165) is 11.4 Å². The molecule has 7 heteroatoms. The van der Waals surface area contributed by atoms with Crippen molar-refractivity contribution in [3.63, 3.8) is 0 Å². The zero-order chi connectivity index (χ0) is 12.1. The number of rotatable bonds is 6. The molecule has 0 aliphatic carbocycles. The third-order valence-electron chi connectivity index (χ3n) is 2.10. The molecule has 90 valence electrons. The molecule has 0 radical (unpaired) electrons. The van der Waals surface area contributed by atoms with Gasteiger partial charge in [-0.1, -0.05) is 5.16 Å². The van der Waals surface area contributed by atoms with Crippen molar-refractivity contribution in [1.29, 1.82) is 0 Å². The SMILES string of the molecule is O=C(O)c1ccc(CNCCc2ncon2)s1. The van der Waals surface area contributed by atoms with Crippen LogP contribution in [0.3, 0.4) is 0 Å². The monoisotopic (exact) mass is 253 g/mol. The topological polar surface area (TPSA) is 88.2 Å². The van der Waals surface area contributed by atoms with E-state index in [-0.39, 0.29) is 0 Å². The first-order valence-electron chi connectivity index (χ1n) is 5.03. The van der Waals surface area contributed by atoms with Crippen LogP contribution in [0.15, 0.2) is 23.0 Å². The van der Waals surface area contributed by atoms with Gasteiger partial charge in [-0.25, -0.2) is 4.79 Å². The van der Waals surface area contributed by atoms with Crippen LogP contribution in [0, 0.1) is 0 Å². The molecular weight excluding hydrogens is 242 g/mol. The van der Waals surface area contributed by atoms with E-state index >= 15 is 0 Å². The maximum Gasteiger partial charge on any atom is 0.345 e. The Morgan fingerprint density at radius 3 is 3.06 bits per heavy atom. The lowest BCUT2D eigenvalue weighted by Crippen LogP contribution is -2.16. The minimum atomic E-state index is -0.881. The van der Waals surface area contributed by atoms with Crippen molar-refractivity contribution in [2.24, 2.45) is 0 Å². The average molecular weight is 253 g/mol. The predicted octanol–water partition coefficient (Wildman–Crippen LogP) is 1.16. The average Bonchev–Trinajstić information content (AvgIpc) is 2.96. The molecule has 2 aromatic heterocycles. The van der Waals surface area contributed by atoms with E-state index in [9.17, 15) is 4.79 Å². The molecular formula is C10H11N3O3S. The summed E-state index contributed by atoms with van der Waals surface area (Å²) in [5.41, 5.74) is 0. The fourth-order valence-corrected chi connectivity index (χ4v) is 2.12.